The van der Waals surface area contributed by atoms with Gasteiger partial charge in [0.15, 0.2) is 16.3 Å². The van der Waals surface area contributed by atoms with Gasteiger partial charge in [-0.1, -0.05) is 17.4 Å². The second-order valence-electron chi connectivity index (χ2n) is 9.77. The highest BCUT2D eigenvalue weighted by molar-refractivity contribution is 14.1. The molecule has 1 aromatic heterocycles. The summed E-state index contributed by atoms with van der Waals surface area (Å²) in [5.41, 5.74) is 2.15. The zero-order chi connectivity index (χ0) is 33.0. The number of methoxy groups -OCH3 is 1. The van der Waals surface area contributed by atoms with Gasteiger partial charge in [0.05, 0.1) is 48.5 Å². The third-order valence-electron chi connectivity index (χ3n) is 6.86. The summed E-state index contributed by atoms with van der Waals surface area (Å²) in [6.07, 6.45) is 3.24. The number of thiazole rings is 1. The Morgan fingerprint density at radius 3 is 2.33 bits per heavy atom. The predicted octanol–water partition coefficient (Wildman–Crippen LogP) is 5.51. The maximum Gasteiger partial charge on any atom is 0.337 e. The molecule has 0 saturated carbocycles. The van der Waals surface area contributed by atoms with Crippen LogP contribution in [0.4, 0.5) is 5.69 Å². The first-order valence-electron chi connectivity index (χ1n) is 14.0. The minimum Gasteiger partial charge on any atom is -0.490 e. The third kappa shape index (κ3) is 7.12. The molecule has 0 aliphatic carbocycles. The van der Waals surface area contributed by atoms with E-state index in [2.05, 4.69) is 50.2 Å². The Kier molecular flexibility index (Phi) is 10.8. The molecule has 14 heteroatoms. The number of halogens is 2. The molecule has 0 saturated heterocycles. The summed E-state index contributed by atoms with van der Waals surface area (Å²) in [6.45, 7) is 4.84. The zero-order valence-corrected chi connectivity index (χ0v) is 30.0. The van der Waals surface area contributed by atoms with Gasteiger partial charge in [0.2, 0.25) is 0 Å². The Bertz CT molecular complexity index is 2000. The fraction of sp³-hybridized carbons (Fsp3) is 0.219. The number of esters is 1. The van der Waals surface area contributed by atoms with Crippen LogP contribution in [-0.4, -0.2) is 35.8 Å². The second-order valence-corrected chi connectivity index (χ2v) is 13.1. The van der Waals surface area contributed by atoms with Gasteiger partial charge in [-0.25, -0.2) is 9.79 Å². The maximum absolute atomic E-state index is 14.0. The van der Waals surface area contributed by atoms with Gasteiger partial charge in [-0.05, 0) is 118 Å². The van der Waals surface area contributed by atoms with Gasteiger partial charge in [0, 0.05) is 18.3 Å². The molecule has 0 N–H and O–H groups in total. The van der Waals surface area contributed by atoms with Gasteiger partial charge < -0.3 is 18.9 Å². The van der Waals surface area contributed by atoms with E-state index in [1.165, 1.54) is 41.3 Å². The minimum absolute atomic E-state index is 0.0186. The molecule has 11 nitrogen and oxygen atoms in total. The Morgan fingerprint density at radius 2 is 1.70 bits per heavy atom. The molecule has 238 valence electrons. The highest BCUT2D eigenvalue weighted by Gasteiger charge is 2.31. The predicted molar refractivity (Wildman–Crippen MR) is 189 cm³/mol. The van der Waals surface area contributed by atoms with Crippen LogP contribution in [-0.2, 0) is 16.1 Å². The van der Waals surface area contributed by atoms with Crippen molar-refractivity contribution in [3.63, 3.8) is 0 Å². The van der Waals surface area contributed by atoms with Crippen molar-refractivity contribution in [1.82, 2.24) is 4.57 Å². The number of benzene rings is 3. The Labute approximate surface area is 294 Å². The smallest absolute Gasteiger partial charge is 0.337 e. The molecule has 0 amide bonds. The molecule has 0 radical (unpaired) electrons. The van der Waals surface area contributed by atoms with E-state index < -0.39 is 16.9 Å². The average Bonchev–Trinajstić information content (AvgIpc) is 3.35. The number of ether oxygens (including phenoxy) is 4. The normalized spacial score (nSPS) is 14.2. The number of carbonyl (C=O) groups excluding carboxylic acids is 1. The molecular formula is C32H27I2N3O8S. The van der Waals surface area contributed by atoms with Gasteiger partial charge in [0.1, 0.15) is 12.4 Å². The van der Waals surface area contributed by atoms with Crippen molar-refractivity contribution in [1.29, 1.82) is 0 Å². The largest absolute Gasteiger partial charge is 0.490 e. The van der Waals surface area contributed by atoms with E-state index in [1.54, 1.807) is 36.4 Å². The summed E-state index contributed by atoms with van der Waals surface area (Å²) in [7, 11) is 1.29. The summed E-state index contributed by atoms with van der Waals surface area (Å²) in [5.74, 6) is 1.14. The van der Waals surface area contributed by atoms with Crippen LogP contribution >= 0.6 is 56.5 Å². The number of rotatable bonds is 11. The topological polar surface area (TPSA) is 131 Å². The van der Waals surface area contributed by atoms with Crippen molar-refractivity contribution in [2.45, 2.75) is 26.5 Å². The average molecular weight is 867 g/mol. The number of aromatic nitrogens is 1. The maximum atomic E-state index is 14.0. The Morgan fingerprint density at radius 1 is 1.02 bits per heavy atom. The fourth-order valence-corrected chi connectivity index (χ4v) is 7.91. The van der Waals surface area contributed by atoms with Crippen molar-refractivity contribution in [3.8, 4) is 17.2 Å². The second kappa shape index (κ2) is 14.8. The molecule has 46 heavy (non-hydrogen) atoms. The zero-order valence-electron chi connectivity index (χ0n) is 24.8. The van der Waals surface area contributed by atoms with Gasteiger partial charge in [-0.2, -0.15) is 0 Å². The Balaban J connectivity index is 1.51. The molecular weight excluding hydrogens is 840 g/mol. The standard InChI is InChI=1S/C32H27I2N3O8S/c1-4-43-25-11-8-20(15-26(25)44-5-2)28-22(31(39)42-3)16-35-32-36(28)30(38)27(46-32)14-19-12-23(33)29(24(34)13-19)45-17-18-6-9-21(10-7-18)37(40)41/h6-16,28H,4-5,17H2,1-3H3/b27-14-/t28-/m0/s1. The van der Waals surface area contributed by atoms with Crippen molar-refractivity contribution in [2.75, 3.05) is 20.3 Å². The molecule has 1 aliphatic heterocycles. The van der Waals surface area contributed by atoms with E-state index in [1.807, 2.05) is 26.0 Å². The molecule has 0 fully saturated rings. The third-order valence-corrected chi connectivity index (χ3v) is 9.46. The fourth-order valence-electron chi connectivity index (χ4n) is 4.81. The van der Waals surface area contributed by atoms with E-state index in [0.717, 1.165) is 18.3 Å². The lowest BCUT2D eigenvalue weighted by molar-refractivity contribution is -0.384. The molecule has 0 bridgehead atoms. The van der Waals surface area contributed by atoms with Gasteiger partial charge in [-0.3, -0.25) is 19.5 Å². The lowest BCUT2D eigenvalue weighted by Crippen LogP contribution is -2.39. The molecule has 2 heterocycles. The van der Waals surface area contributed by atoms with Crippen LogP contribution in [0, 0.1) is 17.3 Å². The minimum atomic E-state index is -0.795. The van der Waals surface area contributed by atoms with Crippen molar-refractivity contribution < 1.29 is 28.7 Å². The van der Waals surface area contributed by atoms with Gasteiger partial charge in [0.25, 0.3) is 11.2 Å². The summed E-state index contributed by atoms with van der Waals surface area (Å²) >= 11 is 5.58. The monoisotopic (exact) mass is 867 g/mol. The molecule has 0 spiro atoms. The van der Waals surface area contributed by atoms with Crippen LogP contribution in [0.25, 0.3) is 6.08 Å². The first-order valence-corrected chi connectivity index (χ1v) is 17.0. The number of hydrogen-bond donors (Lipinski definition) is 0. The van der Waals surface area contributed by atoms with E-state index in [-0.39, 0.29) is 23.4 Å². The highest BCUT2D eigenvalue weighted by Crippen LogP contribution is 2.35. The number of hydrogen-bond acceptors (Lipinski definition) is 10. The number of nitro benzene ring substituents is 1. The van der Waals surface area contributed by atoms with E-state index in [9.17, 15) is 19.7 Å². The summed E-state index contributed by atoms with van der Waals surface area (Å²) in [6, 6.07) is 14.6. The van der Waals surface area contributed by atoms with Crippen molar-refractivity contribution >= 4 is 74.3 Å². The molecule has 5 rings (SSSR count). The molecule has 0 unspecified atom stereocenters. The summed E-state index contributed by atoms with van der Waals surface area (Å²) < 4.78 is 26.3. The van der Waals surface area contributed by atoms with E-state index in [0.29, 0.717) is 45.4 Å². The summed E-state index contributed by atoms with van der Waals surface area (Å²) in [5, 5.41) is 10.9. The number of nitro groups is 1. The molecule has 4 aromatic rings. The number of fused-ring (bicyclic) bond motifs is 1. The Hall–Kier alpha value is -3.77. The van der Waals surface area contributed by atoms with Crippen LogP contribution in [0.5, 0.6) is 17.2 Å². The van der Waals surface area contributed by atoms with Crippen LogP contribution in [0.2, 0.25) is 0 Å². The highest BCUT2D eigenvalue weighted by atomic mass is 127. The first kappa shape index (κ1) is 33.6. The SMILES string of the molecule is CCOc1ccc([C@H]2C(C(=O)OC)=CN=c3s/c(=C\c4cc(I)c(OCc5ccc([N+](=O)[O-])cc5)c(I)c4)c(=O)n32)cc1OCC. The number of non-ortho nitro benzene ring substituents is 1. The lowest BCUT2D eigenvalue weighted by atomic mass is 9.97. The molecule has 1 aliphatic rings. The van der Waals surface area contributed by atoms with Gasteiger partial charge >= 0.3 is 5.97 Å². The van der Waals surface area contributed by atoms with Crippen LogP contribution in [0.3, 0.4) is 0 Å². The number of carbonyl (C=O) groups is 1. The summed E-state index contributed by atoms with van der Waals surface area (Å²) in [4.78, 5) is 42.2. The van der Waals surface area contributed by atoms with Crippen molar-refractivity contribution in [2.24, 2.45) is 4.99 Å². The quantitative estimate of drug-likeness (QED) is 0.0836. The van der Waals surface area contributed by atoms with Crippen molar-refractivity contribution in [3.05, 3.63) is 120 Å². The molecule has 1 atom stereocenters. The number of nitrogens with zero attached hydrogens (tertiary/aromatic N) is 3. The first-order chi connectivity index (χ1) is 22.1. The van der Waals surface area contributed by atoms with Crippen LogP contribution in [0.15, 0.2) is 76.2 Å². The lowest BCUT2D eigenvalue weighted by Gasteiger charge is -2.23. The van der Waals surface area contributed by atoms with Crippen LogP contribution in [0.1, 0.15) is 36.6 Å². The molecule has 3 aromatic carbocycles. The van der Waals surface area contributed by atoms with Gasteiger partial charge in [-0.15, -0.1) is 0 Å². The van der Waals surface area contributed by atoms with E-state index in [4.69, 9.17) is 18.9 Å². The van der Waals surface area contributed by atoms with Crippen LogP contribution < -0.4 is 29.1 Å². The van der Waals surface area contributed by atoms with E-state index >= 15 is 0 Å².